The van der Waals surface area contributed by atoms with Crippen LogP contribution in [-0.2, 0) is 32.2 Å². The molecule has 0 aliphatic carbocycles. The molecule has 2 atom stereocenters. The molecule has 2 unspecified atom stereocenters. The highest BCUT2D eigenvalue weighted by Crippen LogP contribution is 2.19. The smallest absolute Gasteiger partial charge is 0.307 e. The van der Waals surface area contributed by atoms with E-state index in [4.69, 9.17) is 14.6 Å². The third-order valence-corrected chi connectivity index (χ3v) is 11.4. The summed E-state index contributed by atoms with van der Waals surface area (Å²) < 4.78 is 14.4. The third kappa shape index (κ3) is 27.7. The second-order valence-electron chi connectivity index (χ2n) is 17.3. The first-order chi connectivity index (χ1) is 27.1. The highest BCUT2D eigenvalue weighted by atomic mass is 16.5. The van der Waals surface area contributed by atoms with E-state index in [0.29, 0.717) is 44.6 Å². The van der Waals surface area contributed by atoms with Gasteiger partial charge in [-0.15, -0.1) is 0 Å². The molecule has 0 amide bonds. The lowest BCUT2D eigenvalue weighted by Crippen LogP contribution is -2.39. The lowest BCUT2D eigenvalue weighted by Gasteiger charge is -2.30. The van der Waals surface area contributed by atoms with E-state index in [9.17, 15) is 9.59 Å². The fourth-order valence-corrected chi connectivity index (χ4v) is 7.88. The first kappa shape index (κ1) is 52.1. The van der Waals surface area contributed by atoms with Crippen molar-refractivity contribution in [2.75, 3.05) is 19.6 Å². The zero-order chi connectivity index (χ0) is 41.2. The van der Waals surface area contributed by atoms with Crippen LogP contribution in [0.2, 0.25) is 0 Å². The van der Waals surface area contributed by atoms with Crippen molar-refractivity contribution in [2.24, 2.45) is 0 Å². The summed E-state index contributed by atoms with van der Waals surface area (Å²) in [7, 11) is 0. The van der Waals surface area contributed by atoms with Crippen molar-refractivity contribution >= 4 is 11.9 Å². The van der Waals surface area contributed by atoms with Crippen LogP contribution in [0, 0.1) is 0 Å². The van der Waals surface area contributed by atoms with Crippen molar-refractivity contribution in [3.05, 3.63) is 18.0 Å². The Bertz CT molecular complexity index is 1000. The number of carbonyl (C=O) groups is 2. The Morgan fingerprint density at radius 2 is 0.946 bits per heavy atom. The minimum atomic E-state index is -0.117. The Hall–Kier alpha value is -1.93. The summed E-state index contributed by atoms with van der Waals surface area (Å²) in [5, 5.41) is 4.70. The number of unbranched alkanes of at least 4 members (excludes halogenated alkanes) is 16. The fourth-order valence-electron chi connectivity index (χ4n) is 7.88. The average Bonchev–Trinajstić information content (AvgIpc) is 3.62. The van der Waals surface area contributed by atoms with Gasteiger partial charge in [-0.1, -0.05) is 130 Å². The van der Waals surface area contributed by atoms with Crippen molar-refractivity contribution in [3.63, 3.8) is 0 Å². The third-order valence-electron chi connectivity index (χ3n) is 11.4. The molecule has 0 N–H and O–H groups in total. The Labute approximate surface area is 347 Å². The number of aromatic nitrogens is 2. The first-order valence-corrected chi connectivity index (χ1v) is 24.0. The van der Waals surface area contributed by atoms with Crippen LogP contribution in [0.5, 0.6) is 0 Å². The van der Waals surface area contributed by atoms with E-state index < -0.39 is 0 Å². The van der Waals surface area contributed by atoms with Gasteiger partial charge in [-0.2, -0.15) is 5.10 Å². The zero-order valence-electron chi connectivity index (χ0n) is 38.3. The van der Waals surface area contributed by atoms with Crippen LogP contribution in [0.25, 0.3) is 0 Å². The summed E-state index contributed by atoms with van der Waals surface area (Å²) in [5.41, 5.74) is 1.10. The lowest BCUT2D eigenvalue weighted by atomic mass is 10.0. The standard InChI is InChI=1S/C48H92N4O4/c1-9-13-17-21-23-27-31-45(29-25-19-15-11-3)55-47(53)33-35-50(40-44-39-49-51(41-44)37-38-52(42(5)6)43(7)8)36-34-48(54)56-46(30-26-20-16-12-4)32-28-24-22-18-14-10-2/h39,41-43,45-46H,9-38,40H2,1-8H3. The maximum atomic E-state index is 13.4. The Morgan fingerprint density at radius 3 is 1.34 bits per heavy atom. The van der Waals surface area contributed by atoms with E-state index in [2.05, 4.69) is 71.4 Å². The van der Waals surface area contributed by atoms with Crippen LogP contribution < -0.4 is 0 Å². The average molecular weight is 789 g/mol. The number of hydrogen-bond acceptors (Lipinski definition) is 7. The van der Waals surface area contributed by atoms with Crippen molar-refractivity contribution in [1.29, 1.82) is 0 Å². The van der Waals surface area contributed by atoms with Crippen LogP contribution >= 0.6 is 0 Å². The normalized spacial score (nSPS) is 13.0. The molecular formula is C48H92N4O4. The Morgan fingerprint density at radius 1 is 0.571 bits per heavy atom. The zero-order valence-corrected chi connectivity index (χ0v) is 38.3. The number of carbonyl (C=O) groups excluding carboxylic acids is 2. The number of ether oxygens (including phenoxy) is 2. The van der Waals surface area contributed by atoms with Gasteiger partial charge in [0.2, 0.25) is 0 Å². The van der Waals surface area contributed by atoms with E-state index in [1.54, 1.807) is 0 Å². The van der Waals surface area contributed by atoms with Gasteiger partial charge in [0, 0.05) is 50.0 Å². The Kier molecular flexibility index (Phi) is 32.6. The number of hydrogen-bond donors (Lipinski definition) is 0. The van der Waals surface area contributed by atoms with Gasteiger partial charge in [0.25, 0.3) is 0 Å². The maximum absolute atomic E-state index is 13.4. The molecule has 0 bridgehead atoms. The van der Waals surface area contributed by atoms with E-state index in [-0.39, 0.29) is 24.1 Å². The molecule has 1 rings (SSSR count). The van der Waals surface area contributed by atoms with Crippen LogP contribution in [0.4, 0.5) is 0 Å². The fraction of sp³-hybridized carbons (Fsp3) is 0.896. The van der Waals surface area contributed by atoms with Crippen LogP contribution in [-0.4, -0.2) is 75.4 Å². The van der Waals surface area contributed by atoms with Gasteiger partial charge in [0.1, 0.15) is 12.2 Å². The van der Waals surface area contributed by atoms with E-state index in [0.717, 1.165) is 70.0 Å². The molecule has 1 heterocycles. The molecule has 0 saturated carbocycles. The maximum Gasteiger partial charge on any atom is 0.307 e. The predicted octanol–water partition coefficient (Wildman–Crippen LogP) is 12.8. The van der Waals surface area contributed by atoms with Gasteiger partial charge in [0.05, 0.1) is 25.6 Å². The molecule has 0 radical (unpaired) electrons. The van der Waals surface area contributed by atoms with Crippen molar-refractivity contribution in [1.82, 2.24) is 19.6 Å². The van der Waals surface area contributed by atoms with E-state index >= 15 is 0 Å². The van der Waals surface area contributed by atoms with Gasteiger partial charge in [-0.3, -0.25) is 24.1 Å². The molecule has 8 nitrogen and oxygen atoms in total. The lowest BCUT2D eigenvalue weighted by molar-refractivity contribution is -0.150. The second kappa shape index (κ2) is 35.1. The van der Waals surface area contributed by atoms with Gasteiger partial charge in [-0.25, -0.2) is 0 Å². The summed E-state index contributed by atoms with van der Waals surface area (Å²) in [5.74, 6) is -0.235. The van der Waals surface area contributed by atoms with Crippen LogP contribution in [0.3, 0.4) is 0 Å². The molecule has 56 heavy (non-hydrogen) atoms. The van der Waals surface area contributed by atoms with Gasteiger partial charge in [-0.05, 0) is 79.1 Å². The summed E-state index contributed by atoms with van der Waals surface area (Å²) in [6.45, 7) is 21.5. The summed E-state index contributed by atoms with van der Waals surface area (Å²) in [6.07, 6.45) is 33.0. The highest BCUT2D eigenvalue weighted by molar-refractivity contribution is 5.70. The second-order valence-corrected chi connectivity index (χ2v) is 17.3. The summed E-state index contributed by atoms with van der Waals surface area (Å²) in [4.78, 5) is 31.5. The van der Waals surface area contributed by atoms with E-state index in [1.165, 1.54) is 103 Å². The molecule has 0 aliphatic rings. The van der Waals surface area contributed by atoms with Gasteiger partial charge < -0.3 is 9.47 Å². The monoisotopic (exact) mass is 789 g/mol. The molecule has 328 valence electrons. The number of esters is 2. The Balaban J connectivity index is 2.94. The molecule has 0 saturated heterocycles. The SMILES string of the molecule is CCCCCCCCC(CCCCCC)OC(=O)CCN(CCC(=O)OC(CCCCCC)CCCCCCCC)Cc1cnn(CCN(C(C)C)C(C)C)c1. The molecule has 8 heteroatoms. The molecule has 0 aromatic carbocycles. The van der Waals surface area contributed by atoms with E-state index in [1.807, 2.05) is 10.9 Å². The molecule has 1 aromatic rings. The molecule has 0 fully saturated rings. The minimum absolute atomic E-state index is 0.00402. The van der Waals surface area contributed by atoms with Crippen molar-refractivity contribution in [2.45, 2.75) is 260 Å². The first-order valence-electron chi connectivity index (χ1n) is 24.0. The summed E-state index contributed by atoms with van der Waals surface area (Å²) >= 11 is 0. The number of nitrogens with zero attached hydrogens (tertiary/aromatic N) is 4. The van der Waals surface area contributed by atoms with Crippen molar-refractivity contribution < 1.29 is 19.1 Å². The quantitative estimate of drug-likeness (QED) is 0.0485. The molecule has 0 aliphatic heterocycles. The molecule has 1 aromatic heterocycles. The number of rotatable bonds is 39. The highest BCUT2D eigenvalue weighted by Gasteiger charge is 2.20. The van der Waals surface area contributed by atoms with Crippen LogP contribution in [0.15, 0.2) is 12.4 Å². The molecular weight excluding hydrogens is 697 g/mol. The van der Waals surface area contributed by atoms with Gasteiger partial charge in [0.15, 0.2) is 0 Å². The van der Waals surface area contributed by atoms with Gasteiger partial charge >= 0.3 is 11.9 Å². The topological polar surface area (TPSA) is 76.9 Å². The largest absolute Gasteiger partial charge is 0.462 e. The van der Waals surface area contributed by atoms with Crippen LogP contribution in [0.1, 0.15) is 228 Å². The minimum Gasteiger partial charge on any atom is -0.462 e. The predicted molar refractivity (Wildman–Crippen MR) is 237 cm³/mol. The molecule has 0 spiro atoms. The van der Waals surface area contributed by atoms with Crippen molar-refractivity contribution in [3.8, 4) is 0 Å². The summed E-state index contributed by atoms with van der Waals surface area (Å²) in [6, 6.07) is 0.951.